The van der Waals surface area contributed by atoms with E-state index in [0.29, 0.717) is 0 Å². The number of furan rings is 1. The number of rotatable bonds is 2. The van der Waals surface area contributed by atoms with Crippen LogP contribution in [-0.4, -0.2) is 25.7 Å². The first kappa shape index (κ1) is 8.79. The number of carboxylic acids is 1. The van der Waals surface area contributed by atoms with Gasteiger partial charge in [0.05, 0.1) is 5.56 Å². The van der Waals surface area contributed by atoms with Crippen LogP contribution in [0.5, 0.6) is 0 Å². The van der Waals surface area contributed by atoms with Crippen molar-refractivity contribution in [3.05, 3.63) is 17.9 Å². The van der Waals surface area contributed by atoms with Gasteiger partial charge in [-0.1, -0.05) is 0 Å². The van der Waals surface area contributed by atoms with Gasteiger partial charge in [0.15, 0.2) is 0 Å². The molecular formula is C6H6O5S. The zero-order valence-electron chi connectivity index (χ0n) is 6.14. The molecule has 0 spiro atoms. The van der Waals surface area contributed by atoms with Crippen LogP contribution in [0.1, 0.15) is 10.4 Å². The molecule has 0 aromatic carbocycles. The lowest BCUT2D eigenvalue weighted by atomic mass is 10.4. The first-order chi connectivity index (χ1) is 5.41. The van der Waals surface area contributed by atoms with Gasteiger partial charge >= 0.3 is 5.97 Å². The van der Waals surface area contributed by atoms with E-state index in [1.807, 2.05) is 0 Å². The Balaban J connectivity index is 3.17. The van der Waals surface area contributed by atoms with E-state index in [-0.39, 0.29) is 10.7 Å². The van der Waals surface area contributed by atoms with Gasteiger partial charge in [-0.05, 0) is 0 Å². The SMILES string of the molecule is CS(=O)(=O)c1cc(C(=O)O)co1. The van der Waals surface area contributed by atoms with E-state index in [9.17, 15) is 13.2 Å². The summed E-state index contributed by atoms with van der Waals surface area (Å²) in [6.07, 6.45) is 1.83. The van der Waals surface area contributed by atoms with Crippen LogP contribution in [0, 0.1) is 0 Å². The Morgan fingerprint density at radius 3 is 2.42 bits per heavy atom. The van der Waals surface area contributed by atoms with Crippen LogP contribution >= 0.6 is 0 Å². The third-order valence-corrected chi connectivity index (χ3v) is 2.13. The van der Waals surface area contributed by atoms with Crippen LogP contribution in [0.3, 0.4) is 0 Å². The third-order valence-electron chi connectivity index (χ3n) is 1.19. The van der Waals surface area contributed by atoms with Crippen LogP contribution in [0.2, 0.25) is 0 Å². The molecule has 0 amide bonds. The zero-order chi connectivity index (χ0) is 9.35. The van der Waals surface area contributed by atoms with Crippen molar-refractivity contribution < 1.29 is 22.7 Å². The summed E-state index contributed by atoms with van der Waals surface area (Å²) < 4.78 is 26.1. The smallest absolute Gasteiger partial charge is 0.339 e. The van der Waals surface area contributed by atoms with Crippen LogP contribution in [0.15, 0.2) is 21.8 Å². The number of aromatic carboxylic acids is 1. The van der Waals surface area contributed by atoms with E-state index in [0.717, 1.165) is 18.6 Å². The number of carboxylic acid groups (broad SMARTS) is 1. The summed E-state index contributed by atoms with van der Waals surface area (Å²) in [4.78, 5) is 10.3. The molecule has 0 bridgehead atoms. The fourth-order valence-corrected chi connectivity index (χ4v) is 1.19. The average molecular weight is 190 g/mol. The highest BCUT2D eigenvalue weighted by atomic mass is 32.2. The molecule has 12 heavy (non-hydrogen) atoms. The molecule has 1 aromatic rings. The normalized spacial score (nSPS) is 11.4. The van der Waals surface area contributed by atoms with Crippen LogP contribution in [0.25, 0.3) is 0 Å². The van der Waals surface area contributed by atoms with Crippen molar-refractivity contribution >= 4 is 15.8 Å². The zero-order valence-corrected chi connectivity index (χ0v) is 6.96. The molecule has 5 nitrogen and oxygen atoms in total. The fraction of sp³-hybridized carbons (Fsp3) is 0.167. The number of sulfone groups is 1. The summed E-state index contributed by atoms with van der Waals surface area (Å²) in [5.74, 6) is -1.21. The number of hydrogen-bond donors (Lipinski definition) is 1. The van der Waals surface area contributed by atoms with Crippen molar-refractivity contribution in [3.8, 4) is 0 Å². The van der Waals surface area contributed by atoms with E-state index in [1.165, 1.54) is 0 Å². The molecule has 0 saturated carbocycles. The first-order valence-corrected chi connectivity index (χ1v) is 4.82. The Morgan fingerprint density at radius 1 is 1.58 bits per heavy atom. The van der Waals surface area contributed by atoms with E-state index < -0.39 is 15.8 Å². The molecular weight excluding hydrogens is 184 g/mol. The summed E-state index contributed by atoms with van der Waals surface area (Å²) in [5, 5.41) is 8.08. The molecule has 1 aromatic heterocycles. The predicted octanol–water partition coefficient (Wildman–Crippen LogP) is 0.381. The molecule has 0 atom stereocenters. The summed E-state index contributed by atoms with van der Waals surface area (Å²) >= 11 is 0. The summed E-state index contributed by atoms with van der Waals surface area (Å²) in [5.41, 5.74) is -0.171. The Morgan fingerprint density at radius 2 is 2.17 bits per heavy atom. The molecule has 0 saturated heterocycles. The van der Waals surface area contributed by atoms with Crippen molar-refractivity contribution in [1.82, 2.24) is 0 Å². The lowest BCUT2D eigenvalue weighted by molar-refractivity contribution is 0.0696. The topological polar surface area (TPSA) is 84.6 Å². The molecule has 1 rings (SSSR count). The molecule has 1 N–H and O–H groups in total. The molecule has 6 heteroatoms. The molecule has 0 unspecified atom stereocenters. The second kappa shape index (κ2) is 2.63. The molecule has 0 aliphatic heterocycles. The van der Waals surface area contributed by atoms with Gasteiger partial charge in [0.2, 0.25) is 14.9 Å². The minimum absolute atomic E-state index is 0.171. The van der Waals surface area contributed by atoms with Crippen molar-refractivity contribution in [1.29, 1.82) is 0 Å². The average Bonchev–Trinajstić information content (AvgIpc) is 2.30. The molecule has 0 aliphatic rings. The Kier molecular flexibility index (Phi) is 1.93. The Labute approximate surface area is 68.5 Å². The van der Waals surface area contributed by atoms with Crippen molar-refractivity contribution in [2.45, 2.75) is 5.09 Å². The lowest BCUT2D eigenvalue weighted by Gasteiger charge is -1.86. The van der Waals surface area contributed by atoms with E-state index in [1.54, 1.807) is 0 Å². The monoisotopic (exact) mass is 190 g/mol. The van der Waals surface area contributed by atoms with Crippen LogP contribution in [0.4, 0.5) is 0 Å². The number of hydrogen-bond acceptors (Lipinski definition) is 4. The highest BCUT2D eigenvalue weighted by Gasteiger charge is 2.15. The van der Waals surface area contributed by atoms with Gasteiger partial charge < -0.3 is 9.52 Å². The van der Waals surface area contributed by atoms with E-state index in [2.05, 4.69) is 4.42 Å². The van der Waals surface area contributed by atoms with Crippen molar-refractivity contribution in [2.75, 3.05) is 6.26 Å². The van der Waals surface area contributed by atoms with Crippen molar-refractivity contribution in [3.63, 3.8) is 0 Å². The molecule has 0 aliphatic carbocycles. The van der Waals surface area contributed by atoms with Gasteiger partial charge in [-0.25, -0.2) is 13.2 Å². The summed E-state index contributed by atoms with van der Waals surface area (Å²) in [6, 6.07) is 0.970. The van der Waals surface area contributed by atoms with E-state index >= 15 is 0 Å². The molecule has 0 fully saturated rings. The Bertz CT molecular complexity index is 399. The highest BCUT2D eigenvalue weighted by Crippen LogP contribution is 2.12. The fourth-order valence-electron chi connectivity index (χ4n) is 0.623. The van der Waals surface area contributed by atoms with Crippen molar-refractivity contribution in [2.24, 2.45) is 0 Å². The van der Waals surface area contributed by atoms with Gasteiger partial charge in [-0.3, -0.25) is 0 Å². The highest BCUT2D eigenvalue weighted by molar-refractivity contribution is 7.90. The quantitative estimate of drug-likeness (QED) is 0.728. The third kappa shape index (κ3) is 1.65. The minimum Gasteiger partial charge on any atom is -0.478 e. The van der Waals surface area contributed by atoms with Crippen LogP contribution in [-0.2, 0) is 9.84 Å². The summed E-state index contributed by atoms with van der Waals surface area (Å²) in [7, 11) is -3.45. The van der Waals surface area contributed by atoms with Gasteiger partial charge in [0.1, 0.15) is 6.26 Å². The van der Waals surface area contributed by atoms with Gasteiger partial charge in [-0.15, -0.1) is 0 Å². The first-order valence-electron chi connectivity index (χ1n) is 2.93. The Hall–Kier alpha value is -1.30. The second-order valence-electron chi connectivity index (χ2n) is 2.23. The maximum atomic E-state index is 10.8. The molecule has 1 heterocycles. The second-order valence-corrected chi connectivity index (χ2v) is 4.18. The molecule has 66 valence electrons. The molecule has 0 radical (unpaired) electrons. The van der Waals surface area contributed by atoms with Crippen LogP contribution < -0.4 is 0 Å². The van der Waals surface area contributed by atoms with Gasteiger partial charge in [-0.2, -0.15) is 0 Å². The summed E-state index contributed by atoms with van der Waals surface area (Å²) in [6.45, 7) is 0. The van der Waals surface area contributed by atoms with Gasteiger partial charge in [0.25, 0.3) is 0 Å². The maximum absolute atomic E-state index is 10.8. The lowest BCUT2D eigenvalue weighted by Crippen LogP contribution is -1.95. The standard InChI is InChI=1S/C6H6O5S/c1-12(9,10)5-2-4(3-11-5)6(7)8/h2-3H,1H3,(H,7,8). The predicted molar refractivity (Wildman–Crippen MR) is 38.8 cm³/mol. The minimum atomic E-state index is -3.45. The largest absolute Gasteiger partial charge is 0.478 e. The van der Waals surface area contributed by atoms with E-state index in [4.69, 9.17) is 5.11 Å². The van der Waals surface area contributed by atoms with Gasteiger partial charge in [0, 0.05) is 12.3 Å². The maximum Gasteiger partial charge on any atom is 0.339 e. The number of carbonyl (C=O) groups is 1.